The van der Waals surface area contributed by atoms with Gasteiger partial charge in [-0.3, -0.25) is 4.79 Å². The van der Waals surface area contributed by atoms with Crippen molar-refractivity contribution in [3.05, 3.63) is 23.3 Å². The van der Waals surface area contributed by atoms with E-state index in [1.807, 2.05) is 0 Å². The van der Waals surface area contributed by atoms with Gasteiger partial charge in [0.15, 0.2) is 23.4 Å². The van der Waals surface area contributed by atoms with Gasteiger partial charge in [0.25, 0.3) is 0 Å². The third-order valence-corrected chi connectivity index (χ3v) is 6.26. The Bertz CT molecular complexity index is 635. The highest BCUT2D eigenvalue weighted by Crippen LogP contribution is 2.65. The van der Waals surface area contributed by atoms with Crippen molar-refractivity contribution in [3.63, 3.8) is 0 Å². The average Bonchev–Trinajstić information content (AvgIpc) is 2.78. The summed E-state index contributed by atoms with van der Waals surface area (Å²) in [7, 11) is 0. The molecule has 0 unspecified atom stereocenters. The number of Topliss-reactive ketones (excluding diaryl/α,β-unsaturated/α-hetero) is 1. The number of carbonyl (C=O) groups is 1. The van der Waals surface area contributed by atoms with E-state index in [1.165, 1.54) is 24.0 Å². The van der Waals surface area contributed by atoms with E-state index in [0.29, 0.717) is 24.0 Å². The van der Waals surface area contributed by atoms with Crippen LogP contribution in [0, 0.1) is 11.8 Å². The first-order chi connectivity index (χ1) is 9.72. The maximum absolute atomic E-state index is 12.4. The summed E-state index contributed by atoms with van der Waals surface area (Å²) in [6, 6.07) is 3.79. The molecule has 104 valence electrons. The number of carbonyl (C=O) groups excluding carboxylic acids is 1. The van der Waals surface area contributed by atoms with Crippen LogP contribution in [0.4, 0.5) is 0 Å². The Hall–Kier alpha value is -1.51. The van der Waals surface area contributed by atoms with Gasteiger partial charge in [-0.2, -0.15) is 0 Å². The van der Waals surface area contributed by atoms with Gasteiger partial charge in [0.1, 0.15) is 0 Å². The quantitative estimate of drug-likeness (QED) is 0.788. The summed E-state index contributed by atoms with van der Waals surface area (Å²) in [5.41, 5.74) is 2.40. The van der Waals surface area contributed by atoms with Crippen molar-refractivity contribution in [2.45, 2.75) is 50.0 Å². The summed E-state index contributed by atoms with van der Waals surface area (Å²) in [6.45, 7) is 0. The van der Waals surface area contributed by atoms with E-state index >= 15 is 0 Å². The van der Waals surface area contributed by atoms with Gasteiger partial charge in [-0.05, 0) is 49.1 Å². The fourth-order valence-corrected chi connectivity index (χ4v) is 5.67. The molecule has 2 saturated carbocycles. The average molecular weight is 270 g/mol. The molecule has 0 saturated heterocycles. The molecule has 1 N–H and O–H groups in total. The number of phenols is 1. The maximum atomic E-state index is 12.4. The van der Waals surface area contributed by atoms with E-state index in [9.17, 15) is 9.90 Å². The van der Waals surface area contributed by atoms with Crippen LogP contribution in [0.2, 0.25) is 0 Å². The number of benzene rings is 1. The first-order valence-corrected chi connectivity index (χ1v) is 7.76. The predicted octanol–water partition coefficient (Wildman–Crippen LogP) is 2.73. The second-order valence-corrected chi connectivity index (χ2v) is 6.95. The molecule has 3 nitrogen and oxygen atoms in total. The number of hydrogen-bond acceptors (Lipinski definition) is 3. The standard InChI is InChI=1S/C17H18O3/c18-12-5-3-10-8-9-2-1-7-17-11(9)4-6-13(19)16(17)20-15(12)14(10)17/h3,5,9,11,16,18H,1-2,4,6-8H2/t9-,11+,16+,17+/m1/s1. The van der Waals surface area contributed by atoms with E-state index in [0.717, 1.165) is 19.3 Å². The van der Waals surface area contributed by atoms with Gasteiger partial charge in [0, 0.05) is 17.4 Å². The van der Waals surface area contributed by atoms with Crippen LogP contribution in [0.25, 0.3) is 0 Å². The number of ether oxygens (including phenoxy) is 1. The lowest BCUT2D eigenvalue weighted by molar-refractivity contribution is -0.136. The molecule has 1 spiro atoms. The van der Waals surface area contributed by atoms with E-state index in [2.05, 4.69) is 6.07 Å². The third kappa shape index (κ3) is 1.05. The molecule has 2 bridgehead atoms. The fourth-order valence-electron chi connectivity index (χ4n) is 5.67. The molecule has 0 aromatic heterocycles. The molecule has 1 aromatic carbocycles. The summed E-state index contributed by atoms with van der Waals surface area (Å²) < 4.78 is 6.02. The molecule has 0 amide bonds. The van der Waals surface area contributed by atoms with E-state index in [1.54, 1.807) is 6.07 Å². The number of hydrogen-bond donors (Lipinski definition) is 1. The van der Waals surface area contributed by atoms with Gasteiger partial charge in [-0.1, -0.05) is 12.5 Å². The second kappa shape index (κ2) is 3.38. The van der Waals surface area contributed by atoms with E-state index in [4.69, 9.17) is 4.74 Å². The molecule has 4 atom stereocenters. The van der Waals surface area contributed by atoms with Crippen molar-refractivity contribution in [3.8, 4) is 11.5 Å². The normalized spacial score (nSPS) is 40.2. The Morgan fingerprint density at radius 1 is 1.30 bits per heavy atom. The number of rotatable bonds is 0. The maximum Gasteiger partial charge on any atom is 0.174 e. The molecular formula is C17H18O3. The van der Waals surface area contributed by atoms with Crippen LogP contribution >= 0.6 is 0 Å². The topological polar surface area (TPSA) is 46.5 Å². The third-order valence-electron chi connectivity index (χ3n) is 6.26. The summed E-state index contributed by atoms with van der Waals surface area (Å²) >= 11 is 0. The van der Waals surface area contributed by atoms with Crippen molar-refractivity contribution < 1.29 is 14.6 Å². The molecule has 1 aliphatic heterocycles. The van der Waals surface area contributed by atoms with Crippen LogP contribution < -0.4 is 4.74 Å². The van der Waals surface area contributed by atoms with Crippen LogP contribution in [0.3, 0.4) is 0 Å². The Labute approximate surface area is 117 Å². The molecule has 20 heavy (non-hydrogen) atoms. The van der Waals surface area contributed by atoms with E-state index in [-0.39, 0.29) is 23.1 Å². The van der Waals surface area contributed by atoms with Gasteiger partial charge >= 0.3 is 0 Å². The van der Waals surface area contributed by atoms with Gasteiger partial charge < -0.3 is 9.84 Å². The lowest BCUT2D eigenvalue weighted by atomic mass is 9.48. The van der Waals surface area contributed by atoms with Crippen molar-refractivity contribution in [2.75, 3.05) is 0 Å². The minimum Gasteiger partial charge on any atom is -0.504 e. The zero-order valence-corrected chi connectivity index (χ0v) is 11.4. The first kappa shape index (κ1) is 11.2. The van der Waals surface area contributed by atoms with Crippen molar-refractivity contribution in [1.82, 2.24) is 0 Å². The fraction of sp³-hybridized carbons (Fsp3) is 0.588. The van der Waals surface area contributed by atoms with Crippen LogP contribution in [-0.2, 0) is 16.6 Å². The van der Waals surface area contributed by atoms with Gasteiger partial charge in [0.2, 0.25) is 0 Å². The second-order valence-electron chi connectivity index (χ2n) is 6.95. The SMILES string of the molecule is O=C1CC[C@H]2[C@@H]3CCC[C@@]24c2c(ccc(O)c2O[C@@H]14)C3. The Balaban J connectivity index is 1.85. The highest BCUT2D eigenvalue weighted by molar-refractivity contribution is 5.89. The highest BCUT2D eigenvalue weighted by atomic mass is 16.5. The summed E-state index contributed by atoms with van der Waals surface area (Å²) in [5.74, 6) is 2.35. The van der Waals surface area contributed by atoms with Gasteiger partial charge in [0.05, 0.1) is 0 Å². The lowest BCUT2D eigenvalue weighted by Gasteiger charge is -2.54. The van der Waals surface area contributed by atoms with Crippen LogP contribution in [-0.4, -0.2) is 17.0 Å². The van der Waals surface area contributed by atoms with Gasteiger partial charge in [-0.15, -0.1) is 0 Å². The van der Waals surface area contributed by atoms with Crippen molar-refractivity contribution in [2.24, 2.45) is 11.8 Å². The summed E-state index contributed by atoms with van der Waals surface area (Å²) in [6.07, 6.45) is 5.95. The largest absolute Gasteiger partial charge is 0.504 e. The summed E-state index contributed by atoms with van der Waals surface area (Å²) in [5, 5.41) is 10.2. The zero-order chi connectivity index (χ0) is 13.5. The molecule has 3 aliphatic carbocycles. The minimum atomic E-state index is -0.327. The smallest absolute Gasteiger partial charge is 0.174 e. The zero-order valence-electron chi connectivity index (χ0n) is 11.4. The molecule has 1 aromatic rings. The molecular weight excluding hydrogens is 252 g/mol. The molecule has 4 aliphatic rings. The van der Waals surface area contributed by atoms with Crippen molar-refractivity contribution in [1.29, 1.82) is 0 Å². The molecule has 3 heteroatoms. The number of ketones is 1. The molecule has 0 radical (unpaired) electrons. The first-order valence-electron chi connectivity index (χ1n) is 7.76. The number of aromatic hydroxyl groups is 1. The van der Waals surface area contributed by atoms with Crippen LogP contribution in [0.1, 0.15) is 43.2 Å². The highest BCUT2D eigenvalue weighted by Gasteiger charge is 2.64. The predicted molar refractivity (Wildman–Crippen MR) is 73.0 cm³/mol. The number of phenolic OH excluding ortho intramolecular Hbond substituents is 1. The monoisotopic (exact) mass is 270 g/mol. The van der Waals surface area contributed by atoms with Gasteiger partial charge in [-0.25, -0.2) is 0 Å². The van der Waals surface area contributed by atoms with Crippen molar-refractivity contribution >= 4 is 5.78 Å². The van der Waals surface area contributed by atoms with Crippen LogP contribution in [0.5, 0.6) is 11.5 Å². The Morgan fingerprint density at radius 3 is 3.10 bits per heavy atom. The van der Waals surface area contributed by atoms with E-state index < -0.39 is 0 Å². The molecule has 2 fully saturated rings. The molecule has 1 heterocycles. The Morgan fingerprint density at radius 2 is 2.20 bits per heavy atom. The molecule has 5 rings (SSSR count). The summed E-state index contributed by atoms with van der Waals surface area (Å²) in [4.78, 5) is 12.4. The lowest BCUT2D eigenvalue weighted by Crippen LogP contribution is -2.58. The van der Waals surface area contributed by atoms with Crippen LogP contribution in [0.15, 0.2) is 12.1 Å². The minimum absolute atomic E-state index is 0.111. The Kier molecular flexibility index (Phi) is 1.89.